The summed E-state index contributed by atoms with van der Waals surface area (Å²) < 4.78 is 15.2. The summed E-state index contributed by atoms with van der Waals surface area (Å²) in [6, 6.07) is 22.2. The van der Waals surface area contributed by atoms with Crippen molar-refractivity contribution in [2.75, 3.05) is 20.2 Å². The molecule has 3 aromatic heterocycles. The first-order valence-electron chi connectivity index (χ1n) is 15.1. The second kappa shape index (κ2) is 11.7. The van der Waals surface area contributed by atoms with Crippen LogP contribution in [0.3, 0.4) is 0 Å². The molecule has 1 N–H and O–H groups in total. The molecule has 6 rings (SSSR count). The molecule has 1 saturated heterocycles. The summed E-state index contributed by atoms with van der Waals surface area (Å²) in [5, 5.41) is 4.07. The minimum Gasteiger partial charge on any atom is -0.497 e. The van der Waals surface area contributed by atoms with Crippen LogP contribution >= 0.6 is 0 Å². The van der Waals surface area contributed by atoms with Crippen molar-refractivity contribution in [3.05, 3.63) is 89.7 Å². The number of para-hydroxylation sites is 1. The zero-order valence-electron chi connectivity index (χ0n) is 26.0. The number of imidazole rings is 1. The van der Waals surface area contributed by atoms with E-state index < -0.39 is 11.7 Å². The van der Waals surface area contributed by atoms with E-state index >= 15 is 0 Å². The average molecular weight is 594 g/mol. The van der Waals surface area contributed by atoms with E-state index in [1.54, 1.807) is 12.0 Å². The summed E-state index contributed by atoms with van der Waals surface area (Å²) in [5.41, 5.74) is 5.83. The Bertz CT molecular complexity index is 1850. The number of aromatic nitrogens is 3. The predicted octanol–water partition coefficient (Wildman–Crippen LogP) is 6.45. The molecular weight excluding hydrogens is 554 g/mol. The number of methoxy groups -OCH3 is 1. The topological polar surface area (TPSA) is 90.1 Å². The highest BCUT2D eigenvalue weighted by molar-refractivity contribution is 5.95. The lowest BCUT2D eigenvalue weighted by atomic mass is 10.0. The third kappa shape index (κ3) is 6.00. The van der Waals surface area contributed by atoms with Crippen molar-refractivity contribution in [3.8, 4) is 17.1 Å². The van der Waals surface area contributed by atoms with E-state index in [2.05, 4.69) is 53.2 Å². The number of likely N-dealkylation sites (tertiary alicyclic amines) is 1. The molecule has 1 atom stereocenters. The first kappa shape index (κ1) is 29.3. The molecule has 44 heavy (non-hydrogen) atoms. The van der Waals surface area contributed by atoms with Gasteiger partial charge < -0.3 is 28.7 Å². The Kier molecular flexibility index (Phi) is 7.80. The summed E-state index contributed by atoms with van der Waals surface area (Å²) >= 11 is 0. The van der Waals surface area contributed by atoms with Crippen molar-refractivity contribution in [3.63, 3.8) is 0 Å². The Morgan fingerprint density at radius 2 is 1.86 bits per heavy atom. The molecule has 9 nitrogen and oxygen atoms in total. The second-order valence-corrected chi connectivity index (χ2v) is 12.5. The first-order valence-corrected chi connectivity index (χ1v) is 15.1. The molecule has 0 radical (unpaired) electrons. The van der Waals surface area contributed by atoms with Crippen molar-refractivity contribution < 1.29 is 19.1 Å². The van der Waals surface area contributed by atoms with Gasteiger partial charge in [-0.2, -0.15) is 0 Å². The van der Waals surface area contributed by atoms with Crippen LogP contribution in [0, 0.1) is 6.92 Å². The monoisotopic (exact) mass is 593 g/mol. The van der Waals surface area contributed by atoms with Gasteiger partial charge in [0.2, 0.25) is 0 Å². The summed E-state index contributed by atoms with van der Waals surface area (Å²) in [4.78, 5) is 32.8. The van der Waals surface area contributed by atoms with E-state index in [0.717, 1.165) is 52.1 Å². The van der Waals surface area contributed by atoms with E-state index in [1.165, 1.54) is 0 Å². The highest BCUT2D eigenvalue weighted by Gasteiger charge is 2.28. The summed E-state index contributed by atoms with van der Waals surface area (Å²) in [5.74, 6) is 0.750. The van der Waals surface area contributed by atoms with Crippen molar-refractivity contribution >= 4 is 28.6 Å². The maximum atomic E-state index is 13.6. The van der Waals surface area contributed by atoms with Crippen LogP contribution in [0.25, 0.3) is 27.9 Å². The number of carbonyl (C=O) groups is 2. The fraction of sp³-hybridized carbons (Fsp3) is 0.343. The number of alkyl carbamates (subject to hydrolysis) is 1. The van der Waals surface area contributed by atoms with Crippen LogP contribution in [0.1, 0.15) is 55.2 Å². The quantitative estimate of drug-likeness (QED) is 0.244. The number of pyridine rings is 1. The van der Waals surface area contributed by atoms with E-state index in [-0.39, 0.29) is 11.9 Å². The van der Waals surface area contributed by atoms with Crippen LogP contribution < -0.4 is 10.1 Å². The molecule has 0 saturated carbocycles. The molecule has 1 fully saturated rings. The van der Waals surface area contributed by atoms with Gasteiger partial charge in [0.1, 0.15) is 22.7 Å². The Hall–Kier alpha value is -4.79. The maximum absolute atomic E-state index is 13.6. The first-order chi connectivity index (χ1) is 21.1. The number of hydrogen-bond acceptors (Lipinski definition) is 5. The van der Waals surface area contributed by atoms with E-state index in [1.807, 2.05) is 61.7 Å². The molecule has 9 heteroatoms. The number of rotatable bonds is 6. The molecule has 4 heterocycles. The molecular formula is C35H39N5O4. The lowest BCUT2D eigenvalue weighted by molar-refractivity contribution is 0.0452. The number of ether oxygens (including phenoxy) is 2. The zero-order chi connectivity index (χ0) is 31.0. The van der Waals surface area contributed by atoms with Crippen LogP contribution in [0.4, 0.5) is 4.79 Å². The van der Waals surface area contributed by atoms with Crippen molar-refractivity contribution in [1.82, 2.24) is 24.2 Å². The molecule has 228 valence electrons. The van der Waals surface area contributed by atoms with Gasteiger partial charge in [0.25, 0.3) is 5.91 Å². The van der Waals surface area contributed by atoms with Crippen LogP contribution in [0.2, 0.25) is 0 Å². The highest BCUT2D eigenvalue weighted by Crippen LogP contribution is 2.32. The Morgan fingerprint density at radius 3 is 2.66 bits per heavy atom. The van der Waals surface area contributed by atoms with Crippen molar-refractivity contribution in [2.45, 2.75) is 58.7 Å². The van der Waals surface area contributed by atoms with Crippen LogP contribution in [-0.4, -0.2) is 62.7 Å². The van der Waals surface area contributed by atoms with E-state index in [9.17, 15) is 9.59 Å². The number of hydrogen-bond donors (Lipinski definition) is 1. The van der Waals surface area contributed by atoms with Gasteiger partial charge in [0.15, 0.2) is 0 Å². The predicted molar refractivity (Wildman–Crippen MR) is 171 cm³/mol. The zero-order valence-corrected chi connectivity index (χ0v) is 26.0. The molecule has 1 aliphatic rings. The Morgan fingerprint density at radius 1 is 1.05 bits per heavy atom. The molecule has 2 aromatic carbocycles. The van der Waals surface area contributed by atoms with Crippen molar-refractivity contribution in [1.29, 1.82) is 0 Å². The van der Waals surface area contributed by atoms with Gasteiger partial charge in [0, 0.05) is 54.0 Å². The van der Waals surface area contributed by atoms with E-state index in [4.69, 9.17) is 14.5 Å². The number of benzene rings is 2. The molecule has 0 aliphatic carbocycles. The minimum absolute atomic E-state index is 0.0717. The second-order valence-electron chi connectivity index (χ2n) is 12.5. The van der Waals surface area contributed by atoms with Crippen LogP contribution in [0.5, 0.6) is 5.75 Å². The SMILES string of the molecule is COc1cccc(Cn2c(-c3nc4cc(C(=O)N5CCC[C@@H](NC(=O)OC(C)(C)C)C5)ccn4c3C)cc3ccccc32)c1. The normalized spacial score (nSPS) is 15.5. The Labute approximate surface area is 257 Å². The number of fused-ring (bicyclic) bond motifs is 2. The Balaban J connectivity index is 1.29. The molecule has 0 spiro atoms. The van der Waals surface area contributed by atoms with Crippen molar-refractivity contribution in [2.24, 2.45) is 0 Å². The number of amides is 2. The fourth-order valence-corrected chi connectivity index (χ4v) is 6.01. The number of piperidine rings is 1. The smallest absolute Gasteiger partial charge is 0.407 e. The maximum Gasteiger partial charge on any atom is 0.407 e. The largest absolute Gasteiger partial charge is 0.497 e. The molecule has 5 aromatic rings. The van der Waals surface area contributed by atoms with E-state index in [0.29, 0.717) is 30.8 Å². The average Bonchev–Trinajstić information content (AvgIpc) is 3.52. The van der Waals surface area contributed by atoms with Gasteiger partial charge in [-0.05, 0) is 82.5 Å². The van der Waals surface area contributed by atoms with Crippen LogP contribution in [-0.2, 0) is 11.3 Å². The molecule has 0 unspecified atom stereocenters. The number of nitrogens with one attached hydrogen (secondary N) is 1. The van der Waals surface area contributed by atoms with Gasteiger partial charge in [-0.15, -0.1) is 0 Å². The molecule has 0 bridgehead atoms. The molecule has 1 aliphatic heterocycles. The van der Waals surface area contributed by atoms with Crippen LogP contribution in [0.15, 0.2) is 72.9 Å². The number of nitrogens with zero attached hydrogens (tertiary/aromatic N) is 4. The lowest BCUT2D eigenvalue weighted by Gasteiger charge is -2.33. The van der Waals surface area contributed by atoms with Gasteiger partial charge in [0.05, 0.1) is 12.8 Å². The van der Waals surface area contributed by atoms with Gasteiger partial charge >= 0.3 is 6.09 Å². The van der Waals surface area contributed by atoms with Gasteiger partial charge in [-0.1, -0.05) is 30.3 Å². The standard InChI is InChI=1S/C35H39N5O4/c1-23-32(30-19-25-11-6-7-14-29(25)40(30)21-24-10-8-13-28(18-24)43-5)37-31-20-26(15-17-39(23)31)33(41)38-16-9-12-27(22-38)36-34(42)44-35(2,3)4/h6-8,10-11,13-15,17-20,27H,9,12,16,21-22H2,1-5H3,(H,36,42)/t27-/m1/s1. The third-order valence-corrected chi connectivity index (χ3v) is 8.07. The highest BCUT2D eigenvalue weighted by atomic mass is 16.6. The van der Waals surface area contributed by atoms with Gasteiger partial charge in [-0.25, -0.2) is 9.78 Å². The minimum atomic E-state index is -0.575. The van der Waals surface area contributed by atoms with Gasteiger partial charge in [-0.3, -0.25) is 4.79 Å². The lowest BCUT2D eigenvalue weighted by Crippen LogP contribution is -2.50. The number of carbonyl (C=O) groups excluding carboxylic acids is 2. The third-order valence-electron chi connectivity index (χ3n) is 8.07. The summed E-state index contributed by atoms with van der Waals surface area (Å²) in [6.45, 7) is 9.30. The molecule has 2 amide bonds. The summed E-state index contributed by atoms with van der Waals surface area (Å²) in [7, 11) is 1.68. The summed E-state index contributed by atoms with van der Waals surface area (Å²) in [6.07, 6.45) is 3.07. The number of aryl methyl sites for hydroxylation is 1. The fourth-order valence-electron chi connectivity index (χ4n) is 6.01.